The average molecular weight is 233 g/mol. The number of halogens is 1. The third-order valence-corrected chi connectivity index (χ3v) is 3.18. The molecule has 0 aromatic heterocycles. The summed E-state index contributed by atoms with van der Waals surface area (Å²) in [5.41, 5.74) is 5.03. The van der Waals surface area contributed by atoms with E-state index in [1.165, 1.54) is 5.56 Å². The van der Waals surface area contributed by atoms with Crippen LogP contribution in [0.25, 0.3) is 0 Å². The zero-order chi connectivity index (χ0) is 10.4. The molecule has 0 fully saturated rings. The van der Waals surface area contributed by atoms with E-state index in [2.05, 4.69) is 5.73 Å². The van der Waals surface area contributed by atoms with Crippen LogP contribution in [0, 0.1) is 0 Å². The van der Waals surface area contributed by atoms with Gasteiger partial charge in [0.1, 0.15) is 5.75 Å². The molecule has 0 aliphatic carbocycles. The first-order valence-corrected chi connectivity index (χ1v) is 6.00. The Labute approximate surface area is 93.8 Å². The Morgan fingerprint density at radius 1 is 1.50 bits per heavy atom. The van der Waals surface area contributed by atoms with Crippen LogP contribution in [-0.2, 0) is 5.75 Å². The van der Waals surface area contributed by atoms with Crippen LogP contribution >= 0.6 is 23.4 Å². The molecule has 0 saturated heterocycles. The fraction of sp³-hybridized carbons (Fsp3) is 0.400. The minimum Gasteiger partial charge on any atom is -0.495 e. The lowest BCUT2D eigenvalue weighted by atomic mass is 10.2. The zero-order valence-corrected chi connectivity index (χ0v) is 9.83. The molecule has 0 unspecified atom stereocenters. The predicted molar refractivity (Wildman–Crippen MR) is 61.9 cm³/mol. The van der Waals surface area contributed by atoms with E-state index in [0.29, 0.717) is 5.02 Å². The summed E-state index contributed by atoms with van der Waals surface area (Å²) in [6.45, 7) is 0.967. The highest BCUT2D eigenvalue weighted by atomic mass is 35.5. The van der Waals surface area contributed by atoms with Gasteiger partial charge in [-0.25, -0.2) is 0 Å². The Morgan fingerprint density at radius 2 is 2.29 bits per heavy atom. The SMILES string of the molecule is COc1ccc(CSCC[NH3+])cc1Cl. The second kappa shape index (κ2) is 6.17. The van der Waals surface area contributed by atoms with Crippen molar-refractivity contribution in [1.29, 1.82) is 0 Å². The second-order valence-electron chi connectivity index (χ2n) is 2.88. The van der Waals surface area contributed by atoms with Gasteiger partial charge in [-0.2, -0.15) is 11.8 Å². The van der Waals surface area contributed by atoms with Crippen LogP contribution in [-0.4, -0.2) is 19.4 Å². The second-order valence-corrected chi connectivity index (χ2v) is 4.39. The Hall–Kier alpha value is -0.380. The number of rotatable bonds is 5. The number of quaternary nitrogens is 1. The Morgan fingerprint density at radius 3 is 2.86 bits per heavy atom. The largest absolute Gasteiger partial charge is 0.495 e. The maximum atomic E-state index is 6.00. The third-order valence-electron chi connectivity index (χ3n) is 1.77. The van der Waals surface area contributed by atoms with Crippen molar-refractivity contribution in [3.8, 4) is 5.75 Å². The normalized spacial score (nSPS) is 10.2. The first kappa shape index (κ1) is 11.7. The molecule has 3 N–H and O–H groups in total. The van der Waals surface area contributed by atoms with Crippen molar-refractivity contribution < 1.29 is 10.5 Å². The summed E-state index contributed by atoms with van der Waals surface area (Å²) in [4.78, 5) is 0. The van der Waals surface area contributed by atoms with Crippen molar-refractivity contribution >= 4 is 23.4 Å². The third kappa shape index (κ3) is 3.40. The molecule has 14 heavy (non-hydrogen) atoms. The van der Waals surface area contributed by atoms with Crippen molar-refractivity contribution in [2.75, 3.05) is 19.4 Å². The van der Waals surface area contributed by atoms with Crippen LogP contribution in [0.5, 0.6) is 5.75 Å². The molecule has 0 heterocycles. The lowest BCUT2D eigenvalue weighted by Crippen LogP contribution is -2.51. The number of hydrogen-bond donors (Lipinski definition) is 1. The van der Waals surface area contributed by atoms with Gasteiger partial charge in [-0.15, -0.1) is 0 Å². The Bertz CT molecular complexity index is 293. The molecule has 0 radical (unpaired) electrons. The Kier molecular flexibility index (Phi) is 5.15. The van der Waals surface area contributed by atoms with Crippen LogP contribution in [0.1, 0.15) is 5.56 Å². The van der Waals surface area contributed by atoms with E-state index in [1.54, 1.807) is 7.11 Å². The number of hydrogen-bond acceptors (Lipinski definition) is 2. The summed E-state index contributed by atoms with van der Waals surface area (Å²) in [6, 6.07) is 5.90. The van der Waals surface area contributed by atoms with Gasteiger partial charge < -0.3 is 10.5 Å². The maximum absolute atomic E-state index is 6.00. The fourth-order valence-electron chi connectivity index (χ4n) is 1.09. The lowest BCUT2D eigenvalue weighted by Gasteiger charge is -2.05. The molecule has 0 aliphatic heterocycles. The Balaban J connectivity index is 2.57. The van der Waals surface area contributed by atoms with Crippen molar-refractivity contribution in [3.63, 3.8) is 0 Å². The molecule has 1 rings (SSSR count). The fourth-order valence-corrected chi connectivity index (χ4v) is 2.14. The van der Waals surface area contributed by atoms with Crippen molar-refractivity contribution in [1.82, 2.24) is 0 Å². The molecular formula is C10H15ClNOS+. The summed E-state index contributed by atoms with van der Waals surface area (Å²) < 4.78 is 5.08. The van der Waals surface area contributed by atoms with E-state index < -0.39 is 0 Å². The summed E-state index contributed by atoms with van der Waals surface area (Å²) >= 11 is 7.86. The molecule has 1 aromatic carbocycles. The first-order valence-electron chi connectivity index (χ1n) is 4.47. The summed E-state index contributed by atoms with van der Waals surface area (Å²) in [6.07, 6.45) is 0. The van der Waals surface area contributed by atoms with E-state index in [1.807, 2.05) is 30.0 Å². The highest BCUT2D eigenvalue weighted by Gasteiger charge is 2.01. The van der Waals surface area contributed by atoms with Crippen LogP contribution < -0.4 is 10.5 Å². The molecule has 4 heteroatoms. The van der Waals surface area contributed by atoms with Crippen LogP contribution in [0.3, 0.4) is 0 Å². The van der Waals surface area contributed by atoms with Gasteiger partial charge in [0.15, 0.2) is 0 Å². The number of ether oxygens (including phenoxy) is 1. The molecule has 0 spiro atoms. The number of thioether (sulfide) groups is 1. The van der Waals surface area contributed by atoms with Gasteiger partial charge in [-0.05, 0) is 17.7 Å². The minimum atomic E-state index is 0.681. The molecule has 0 aliphatic rings. The molecule has 0 atom stereocenters. The predicted octanol–water partition coefficient (Wildman–Crippen LogP) is 1.82. The van der Waals surface area contributed by atoms with Crippen LogP contribution in [0.2, 0.25) is 5.02 Å². The topological polar surface area (TPSA) is 36.9 Å². The minimum absolute atomic E-state index is 0.681. The average Bonchev–Trinajstić information content (AvgIpc) is 2.18. The van der Waals surface area contributed by atoms with E-state index in [4.69, 9.17) is 16.3 Å². The van der Waals surface area contributed by atoms with Crippen LogP contribution in [0.15, 0.2) is 18.2 Å². The van der Waals surface area contributed by atoms with Crippen molar-refractivity contribution in [3.05, 3.63) is 28.8 Å². The van der Waals surface area contributed by atoms with E-state index in [0.717, 1.165) is 23.8 Å². The molecule has 0 bridgehead atoms. The maximum Gasteiger partial charge on any atom is 0.137 e. The van der Waals surface area contributed by atoms with Crippen molar-refractivity contribution in [2.24, 2.45) is 0 Å². The quantitative estimate of drug-likeness (QED) is 0.787. The molecule has 0 saturated carbocycles. The molecule has 78 valence electrons. The van der Waals surface area contributed by atoms with Gasteiger partial charge >= 0.3 is 0 Å². The standard InChI is InChI=1S/C10H14ClNOS/c1-13-10-3-2-8(6-9(10)11)7-14-5-4-12/h2-3,6H,4-5,7,12H2,1H3/p+1. The summed E-state index contributed by atoms with van der Waals surface area (Å²) in [5.74, 6) is 2.81. The molecule has 2 nitrogen and oxygen atoms in total. The monoisotopic (exact) mass is 232 g/mol. The van der Waals surface area contributed by atoms with E-state index >= 15 is 0 Å². The molecule has 0 amide bonds. The number of benzene rings is 1. The summed E-state index contributed by atoms with van der Waals surface area (Å²) in [5, 5.41) is 0.681. The van der Waals surface area contributed by atoms with Gasteiger partial charge in [0.05, 0.1) is 18.7 Å². The van der Waals surface area contributed by atoms with Gasteiger partial charge in [-0.3, -0.25) is 0 Å². The number of methoxy groups -OCH3 is 1. The van der Waals surface area contributed by atoms with E-state index in [-0.39, 0.29) is 0 Å². The first-order chi connectivity index (χ1) is 6.77. The molecule has 1 aromatic rings. The highest BCUT2D eigenvalue weighted by molar-refractivity contribution is 7.98. The van der Waals surface area contributed by atoms with Gasteiger partial charge in [0.25, 0.3) is 0 Å². The molecular weight excluding hydrogens is 218 g/mol. The van der Waals surface area contributed by atoms with Crippen LogP contribution in [0.4, 0.5) is 0 Å². The van der Waals surface area contributed by atoms with Gasteiger partial charge in [-0.1, -0.05) is 17.7 Å². The smallest absolute Gasteiger partial charge is 0.137 e. The van der Waals surface area contributed by atoms with Gasteiger partial charge in [0, 0.05) is 11.5 Å². The summed E-state index contributed by atoms with van der Waals surface area (Å²) in [7, 11) is 1.62. The van der Waals surface area contributed by atoms with Crippen molar-refractivity contribution in [2.45, 2.75) is 5.75 Å². The van der Waals surface area contributed by atoms with E-state index in [9.17, 15) is 0 Å². The lowest BCUT2D eigenvalue weighted by molar-refractivity contribution is -0.360. The van der Waals surface area contributed by atoms with Gasteiger partial charge in [0.2, 0.25) is 0 Å². The zero-order valence-electron chi connectivity index (χ0n) is 8.25. The highest BCUT2D eigenvalue weighted by Crippen LogP contribution is 2.26.